The van der Waals surface area contributed by atoms with Crippen molar-refractivity contribution in [3.8, 4) is 0 Å². The molecular formula is C6H9NO2. The molecule has 0 unspecified atom stereocenters. The first-order valence-corrected chi connectivity index (χ1v) is 2.91. The lowest BCUT2D eigenvalue weighted by molar-refractivity contribution is -0.115. The number of primary amides is 1. The Labute approximate surface area is 53.5 Å². The fraction of sp³-hybridized carbons (Fsp3) is 0.500. The topological polar surface area (TPSA) is 52.3 Å². The monoisotopic (exact) mass is 127 g/mol. The van der Waals surface area contributed by atoms with E-state index in [1.807, 2.05) is 0 Å². The van der Waals surface area contributed by atoms with E-state index in [1.54, 1.807) is 0 Å². The second kappa shape index (κ2) is 2.53. The van der Waals surface area contributed by atoms with Crippen LogP contribution in [0.1, 0.15) is 12.8 Å². The number of ether oxygens (including phenoxy) is 1. The first-order chi connectivity index (χ1) is 4.30. The lowest BCUT2D eigenvalue weighted by Gasteiger charge is -2.09. The summed E-state index contributed by atoms with van der Waals surface area (Å²) < 4.78 is 4.88. The SMILES string of the molecule is NC(=O)C1=COCCC1. The molecule has 9 heavy (non-hydrogen) atoms. The van der Waals surface area contributed by atoms with Crippen LogP contribution in [0.25, 0.3) is 0 Å². The zero-order valence-corrected chi connectivity index (χ0v) is 5.09. The summed E-state index contributed by atoms with van der Waals surface area (Å²) in [5.74, 6) is -0.366. The van der Waals surface area contributed by atoms with Gasteiger partial charge in [0.15, 0.2) is 0 Å². The van der Waals surface area contributed by atoms with Gasteiger partial charge in [0, 0.05) is 0 Å². The molecular weight excluding hydrogens is 118 g/mol. The van der Waals surface area contributed by atoms with Gasteiger partial charge in [-0.2, -0.15) is 0 Å². The van der Waals surface area contributed by atoms with E-state index in [0.717, 1.165) is 12.8 Å². The number of nitrogens with two attached hydrogens (primary N) is 1. The van der Waals surface area contributed by atoms with Crippen molar-refractivity contribution in [2.75, 3.05) is 6.61 Å². The van der Waals surface area contributed by atoms with Crippen LogP contribution in [0.5, 0.6) is 0 Å². The summed E-state index contributed by atoms with van der Waals surface area (Å²) in [6, 6.07) is 0. The molecule has 1 heterocycles. The van der Waals surface area contributed by atoms with E-state index in [0.29, 0.717) is 12.2 Å². The standard InChI is InChI=1S/C6H9NO2/c7-6(8)5-2-1-3-9-4-5/h4H,1-3H2,(H2,7,8). The Bertz CT molecular complexity index is 151. The molecule has 0 atom stereocenters. The van der Waals surface area contributed by atoms with Crippen LogP contribution >= 0.6 is 0 Å². The second-order valence-corrected chi connectivity index (χ2v) is 1.98. The van der Waals surface area contributed by atoms with Crippen molar-refractivity contribution in [1.29, 1.82) is 0 Å². The van der Waals surface area contributed by atoms with Gasteiger partial charge in [-0.3, -0.25) is 4.79 Å². The molecule has 0 bridgehead atoms. The van der Waals surface area contributed by atoms with Gasteiger partial charge in [0.1, 0.15) is 0 Å². The first-order valence-electron chi connectivity index (χ1n) is 2.91. The summed E-state index contributed by atoms with van der Waals surface area (Å²) in [6.45, 7) is 0.705. The summed E-state index contributed by atoms with van der Waals surface area (Å²) in [5.41, 5.74) is 5.58. The Morgan fingerprint density at radius 2 is 2.56 bits per heavy atom. The Balaban J connectivity index is 2.57. The lowest BCUT2D eigenvalue weighted by atomic mass is 10.1. The van der Waals surface area contributed by atoms with Crippen LogP contribution < -0.4 is 5.73 Å². The largest absolute Gasteiger partial charge is 0.501 e. The van der Waals surface area contributed by atoms with E-state index in [4.69, 9.17) is 10.5 Å². The predicted octanol–water partition coefficient (Wildman–Crippen LogP) is 0.166. The first kappa shape index (κ1) is 6.13. The second-order valence-electron chi connectivity index (χ2n) is 1.98. The maximum absolute atomic E-state index is 10.4. The van der Waals surface area contributed by atoms with Crippen molar-refractivity contribution in [1.82, 2.24) is 0 Å². The fourth-order valence-electron chi connectivity index (χ4n) is 0.746. The molecule has 0 aromatic carbocycles. The average Bonchev–Trinajstić information content (AvgIpc) is 1.90. The molecule has 0 aromatic rings. The lowest BCUT2D eigenvalue weighted by Crippen LogP contribution is -2.16. The van der Waals surface area contributed by atoms with E-state index in [-0.39, 0.29) is 5.91 Å². The van der Waals surface area contributed by atoms with Crippen LogP contribution in [0, 0.1) is 0 Å². The van der Waals surface area contributed by atoms with Crippen molar-refractivity contribution in [3.63, 3.8) is 0 Å². The fourth-order valence-corrected chi connectivity index (χ4v) is 0.746. The van der Waals surface area contributed by atoms with Gasteiger partial charge < -0.3 is 10.5 Å². The van der Waals surface area contributed by atoms with Gasteiger partial charge in [-0.25, -0.2) is 0 Å². The van der Waals surface area contributed by atoms with Gasteiger partial charge >= 0.3 is 0 Å². The van der Waals surface area contributed by atoms with E-state index in [2.05, 4.69) is 0 Å². The van der Waals surface area contributed by atoms with Gasteiger partial charge in [-0.05, 0) is 12.8 Å². The third kappa shape index (κ3) is 1.45. The molecule has 0 spiro atoms. The van der Waals surface area contributed by atoms with Crippen LogP contribution in [-0.4, -0.2) is 12.5 Å². The number of hydrogen-bond donors (Lipinski definition) is 1. The molecule has 2 N–H and O–H groups in total. The average molecular weight is 127 g/mol. The van der Waals surface area contributed by atoms with Crippen molar-refractivity contribution in [2.24, 2.45) is 5.73 Å². The molecule has 0 aliphatic carbocycles. The molecule has 3 heteroatoms. The smallest absolute Gasteiger partial charge is 0.247 e. The minimum absolute atomic E-state index is 0.366. The number of amides is 1. The molecule has 1 amide bonds. The molecule has 0 saturated heterocycles. The Morgan fingerprint density at radius 3 is 2.89 bits per heavy atom. The zero-order valence-electron chi connectivity index (χ0n) is 5.09. The normalized spacial score (nSPS) is 18.0. The highest BCUT2D eigenvalue weighted by atomic mass is 16.5. The van der Waals surface area contributed by atoms with Crippen molar-refractivity contribution < 1.29 is 9.53 Å². The zero-order chi connectivity index (χ0) is 6.69. The number of carbonyl (C=O) groups excluding carboxylic acids is 1. The van der Waals surface area contributed by atoms with Crippen LogP contribution in [0.15, 0.2) is 11.8 Å². The third-order valence-electron chi connectivity index (χ3n) is 1.25. The van der Waals surface area contributed by atoms with Crippen LogP contribution in [0.2, 0.25) is 0 Å². The summed E-state index contributed by atoms with van der Waals surface area (Å²) in [6.07, 6.45) is 3.11. The predicted molar refractivity (Wildman–Crippen MR) is 32.5 cm³/mol. The number of carbonyl (C=O) groups is 1. The quantitative estimate of drug-likeness (QED) is 0.545. The molecule has 3 nitrogen and oxygen atoms in total. The number of rotatable bonds is 1. The van der Waals surface area contributed by atoms with Crippen molar-refractivity contribution in [2.45, 2.75) is 12.8 Å². The van der Waals surface area contributed by atoms with E-state index in [1.165, 1.54) is 6.26 Å². The van der Waals surface area contributed by atoms with Gasteiger partial charge in [-0.1, -0.05) is 0 Å². The molecule has 0 radical (unpaired) electrons. The molecule has 1 rings (SSSR count). The summed E-state index contributed by atoms with van der Waals surface area (Å²) in [4.78, 5) is 10.4. The highest BCUT2D eigenvalue weighted by Gasteiger charge is 2.08. The Hall–Kier alpha value is -0.990. The van der Waals surface area contributed by atoms with Gasteiger partial charge in [0.05, 0.1) is 18.4 Å². The minimum atomic E-state index is -0.366. The molecule has 1 aliphatic heterocycles. The van der Waals surface area contributed by atoms with Gasteiger partial charge in [0.25, 0.3) is 0 Å². The Morgan fingerprint density at radius 1 is 1.78 bits per heavy atom. The summed E-state index contributed by atoms with van der Waals surface area (Å²) >= 11 is 0. The van der Waals surface area contributed by atoms with Crippen molar-refractivity contribution >= 4 is 5.91 Å². The number of hydrogen-bond acceptors (Lipinski definition) is 2. The molecule has 0 aromatic heterocycles. The molecule has 0 fully saturated rings. The highest BCUT2D eigenvalue weighted by Crippen LogP contribution is 2.09. The van der Waals surface area contributed by atoms with Crippen LogP contribution in [0.3, 0.4) is 0 Å². The summed E-state index contributed by atoms with van der Waals surface area (Å²) in [5, 5.41) is 0. The summed E-state index contributed by atoms with van der Waals surface area (Å²) in [7, 11) is 0. The Kier molecular flexibility index (Phi) is 1.72. The van der Waals surface area contributed by atoms with Crippen molar-refractivity contribution in [3.05, 3.63) is 11.8 Å². The minimum Gasteiger partial charge on any atom is -0.501 e. The van der Waals surface area contributed by atoms with E-state index < -0.39 is 0 Å². The molecule has 1 aliphatic rings. The maximum Gasteiger partial charge on any atom is 0.247 e. The third-order valence-corrected chi connectivity index (χ3v) is 1.25. The van der Waals surface area contributed by atoms with Crippen LogP contribution in [0.4, 0.5) is 0 Å². The van der Waals surface area contributed by atoms with Gasteiger partial charge in [0.2, 0.25) is 5.91 Å². The van der Waals surface area contributed by atoms with E-state index in [9.17, 15) is 4.79 Å². The van der Waals surface area contributed by atoms with Crippen LogP contribution in [-0.2, 0) is 9.53 Å². The van der Waals surface area contributed by atoms with E-state index >= 15 is 0 Å². The molecule has 0 saturated carbocycles. The van der Waals surface area contributed by atoms with Gasteiger partial charge in [-0.15, -0.1) is 0 Å². The maximum atomic E-state index is 10.4. The highest BCUT2D eigenvalue weighted by molar-refractivity contribution is 5.91. The molecule has 50 valence electrons.